The van der Waals surface area contributed by atoms with Gasteiger partial charge in [0, 0.05) is 5.56 Å². The highest BCUT2D eigenvalue weighted by molar-refractivity contribution is 5.87. The summed E-state index contributed by atoms with van der Waals surface area (Å²) in [6.45, 7) is 5.32. The molecular weight excluding hydrogens is 206 g/mol. The molecule has 0 saturated carbocycles. The molecule has 0 saturated heterocycles. The molecule has 1 rings (SSSR count). The zero-order chi connectivity index (χ0) is 12.3. The first kappa shape index (κ1) is 12.2. The fraction of sp³-hybridized carbons (Fsp3) is 0.500. The first-order valence-electron chi connectivity index (χ1n) is 5.06. The van der Waals surface area contributed by atoms with Crippen molar-refractivity contribution in [1.82, 2.24) is 9.97 Å². The zero-order valence-electron chi connectivity index (χ0n) is 9.74. The van der Waals surface area contributed by atoms with E-state index in [1.165, 1.54) is 6.33 Å². The minimum atomic E-state index is -0.870. The summed E-state index contributed by atoms with van der Waals surface area (Å²) in [5.41, 5.74) is 10.9. The van der Waals surface area contributed by atoms with Crippen LogP contribution in [0.2, 0.25) is 0 Å². The molecule has 1 aromatic heterocycles. The second-order valence-electron chi connectivity index (χ2n) is 4.05. The Kier molecular flexibility index (Phi) is 3.31. The van der Waals surface area contributed by atoms with Gasteiger partial charge in [-0.3, -0.25) is 4.79 Å². The maximum absolute atomic E-state index is 11.2. The van der Waals surface area contributed by atoms with Gasteiger partial charge in [0.25, 0.3) is 0 Å². The Labute approximate surface area is 94.5 Å². The fourth-order valence-corrected chi connectivity index (χ4v) is 1.24. The third kappa shape index (κ3) is 2.39. The Morgan fingerprint density at radius 2 is 2.12 bits per heavy atom. The smallest absolute Gasteiger partial charge is 0.242 e. The van der Waals surface area contributed by atoms with E-state index in [0.717, 1.165) is 5.56 Å². The molecule has 1 amide bonds. The van der Waals surface area contributed by atoms with Crippen molar-refractivity contribution in [3.05, 3.63) is 11.9 Å². The van der Waals surface area contributed by atoms with Gasteiger partial charge in [-0.25, -0.2) is 9.97 Å². The molecule has 0 aliphatic carbocycles. The Bertz CT molecular complexity index is 402. The summed E-state index contributed by atoms with van der Waals surface area (Å²) in [5.74, 6) is 0.519. The molecule has 1 aromatic rings. The molecule has 5 N–H and O–H groups in total. The molecule has 1 heterocycles. The maximum atomic E-state index is 11.2. The maximum Gasteiger partial charge on any atom is 0.242 e. The van der Waals surface area contributed by atoms with Gasteiger partial charge in [0.2, 0.25) is 5.91 Å². The van der Waals surface area contributed by atoms with Gasteiger partial charge in [-0.15, -0.1) is 0 Å². The predicted octanol–water partition coefficient (Wildman–Crippen LogP) is 0.297. The van der Waals surface area contributed by atoms with Crippen molar-refractivity contribution in [3.8, 4) is 0 Å². The molecule has 88 valence electrons. The normalized spacial score (nSPS) is 11.2. The topological polar surface area (TPSA) is 107 Å². The molecule has 0 atom stereocenters. The molecule has 0 aromatic carbocycles. The van der Waals surface area contributed by atoms with Crippen LogP contribution < -0.4 is 16.8 Å². The van der Waals surface area contributed by atoms with Crippen molar-refractivity contribution in [3.63, 3.8) is 0 Å². The van der Waals surface area contributed by atoms with E-state index in [1.807, 2.05) is 6.92 Å². The van der Waals surface area contributed by atoms with Gasteiger partial charge >= 0.3 is 0 Å². The summed E-state index contributed by atoms with van der Waals surface area (Å²) >= 11 is 0. The number of aromatic nitrogens is 2. The average molecular weight is 223 g/mol. The summed E-state index contributed by atoms with van der Waals surface area (Å²) in [4.78, 5) is 19.2. The van der Waals surface area contributed by atoms with Gasteiger partial charge in [0.05, 0.1) is 0 Å². The number of carbonyl (C=O) groups excluding carboxylic acids is 1. The van der Waals surface area contributed by atoms with Gasteiger partial charge in [-0.2, -0.15) is 0 Å². The molecule has 0 spiro atoms. The number of nitrogens with two attached hydrogens (primary N) is 2. The quantitative estimate of drug-likeness (QED) is 0.680. The standard InChI is InChI=1S/C10H17N5O/c1-4-6-7(11)13-5-14-8(6)15-10(2,3)9(12)16/h5H,4H2,1-3H3,(H2,12,16)(H3,11,13,14,15). The first-order chi connectivity index (χ1) is 7.38. The number of hydrogen-bond acceptors (Lipinski definition) is 5. The molecule has 0 aliphatic rings. The number of anilines is 2. The lowest BCUT2D eigenvalue weighted by molar-refractivity contribution is -0.121. The van der Waals surface area contributed by atoms with Gasteiger partial charge in [0.15, 0.2) is 0 Å². The van der Waals surface area contributed by atoms with Gasteiger partial charge < -0.3 is 16.8 Å². The number of rotatable bonds is 4. The van der Waals surface area contributed by atoms with Crippen LogP contribution in [0.25, 0.3) is 0 Å². The lowest BCUT2D eigenvalue weighted by Gasteiger charge is -2.24. The first-order valence-corrected chi connectivity index (χ1v) is 5.06. The third-order valence-electron chi connectivity index (χ3n) is 2.38. The monoisotopic (exact) mass is 223 g/mol. The third-order valence-corrected chi connectivity index (χ3v) is 2.38. The van der Waals surface area contributed by atoms with Gasteiger partial charge in [-0.1, -0.05) is 6.92 Å². The van der Waals surface area contributed by atoms with E-state index in [-0.39, 0.29) is 0 Å². The zero-order valence-corrected chi connectivity index (χ0v) is 9.74. The molecule has 6 heteroatoms. The van der Waals surface area contributed by atoms with Gasteiger partial charge in [-0.05, 0) is 20.3 Å². The van der Waals surface area contributed by atoms with Crippen molar-refractivity contribution in [2.75, 3.05) is 11.1 Å². The van der Waals surface area contributed by atoms with Crippen LogP contribution in [-0.4, -0.2) is 21.4 Å². The molecule has 0 radical (unpaired) electrons. The molecule has 6 nitrogen and oxygen atoms in total. The molecule has 0 aliphatic heterocycles. The van der Waals surface area contributed by atoms with Crippen molar-refractivity contribution >= 4 is 17.5 Å². The minimum absolute atomic E-state index is 0.417. The Balaban J connectivity index is 3.06. The number of hydrogen-bond donors (Lipinski definition) is 3. The van der Waals surface area contributed by atoms with Crippen molar-refractivity contribution in [2.24, 2.45) is 5.73 Å². The lowest BCUT2D eigenvalue weighted by Crippen LogP contribution is -2.45. The van der Waals surface area contributed by atoms with Crippen molar-refractivity contribution in [1.29, 1.82) is 0 Å². The Hall–Kier alpha value is -1.85. The number of nitrogens with one attached hydrogen (secondary N) is 1. The molecule has 0 bridgehead atoms. The SMILES string of the molecule is CCc1c(N)ncnc1NC(C)(C)C(N)=O. The number of amides is 1. The molecule has 0 fully saturated rings. The van der Waals surface area contributed by atoms with Crippen LogP contribution >= 0.6 is 0 Å². The molecule has 16 heavy (non-hydrogen) atoms. The van der Waals surface area contributed by atoms with E-state index in [9.17, 15) is 4.79 Å². The number of primary amides is 1. The van der Waals surface area contributed by atoms with Crippen LogP contribution in [0.15, 0.2) is 6.33 Å². The van der Waals surface area contributed by atoms with E-state index in [4.69, 9.17) is 11.5 Å². The largest absolute Gasteiger partial charge is 0.383 e. The van der Waals surface area contributed by atoms with E-state index in [0.29, 0.717) is 18.1 Å². The highest BCUT2D eigenvalue weighted by Gasteiger charge is 2.26. The van der Waals surface area contributed by atoms with Gasteiger partial charge in [0.1, 0.15) is 23.5 Å². The number of nitrogen functional groups attached to an aromatic ring is 1. The van der Waals surface area contributed by atoms with Crippen LogP contribution in [0, 0.1) is 0 Å². The highest BCUT2D eigenvalue weighted by Crippen LogP contribution is 2.21. The van der Waals surface area contributed by atoms with E-state index < -0.39 is 11.4 Å². The number of carbonyl (C=O) groups is 1. The van der Waals surface area contributed by atoms with Crippen LogP contribution in [-0.2, 0) is 11.2 Å². The summed E-state index contributed by atoms with van der Waals surface area (Å²) in [7, 11) is 0. The minimum Gasteiger partial charge on any atom is -0.383 e. The fourth-order valence-electron chi connectivity index (χ4n) is 1.24. The Morgan fingerprint density at radius 3 is 2.62 bits per heavy atom. The second-order valence-corrected chi connectivity index (χ2v) is 4.05. The summed E-state index contributed by atoms with van der Waals surface area (Å²) in [6, 6.07) is 0. The molecular formula is C10H17N5O. The highest BCUT2D eigenvalue weighted by atomic mass is 16.1. The summed E-state index contributed by atoms with van der Waals surface area (Å²) in [5, 5.41) is 2.97. The average Bonchev–Trinajstić information content (AvgIpc) is 2.17. The molecule has 0 unspecified atom stereocenters. The van der Waals surface area contributed by atoms with Crippen LogP contribution in [0.5, 0.6) is 0 Å². The van der Waals surface area contributed by atoms with E-state index in [2.05, 4.69) is 15.3 Å². The second kappa shape index (κ2) is 4.34. The number of nitrogens with zero attached hydrogens (tertiary/aromatic N) is 2. The Morgan fingerprint density at radius 1 is 1.50 bits per heavy atom. The van der Waals surface area contributed by atoms with E-state index >= 15 is 0 Å². The van der Waals surface area contributed by atoms with Crippen molar-refractivity contribution in [2.45, 2.75) is 32.7 Å². The lowest BCUT2D eigenvalue weighted by atomic mass is 10.0. The summed E-state index contributed by atoms with van der Waals surface area (Å²) < 4.78 is 0. The van der Waals surface area contributed by atoms with Crippen LogP contribution in [0.1, 0.15) is 26.3 Å². The summed E-state index contributed by atoms with van der Waals surface area (Å²) in [6.07, 6.45) is 2.04. The van der Waals surface area contributed by atoms with Crippen molar-refractivity contribution < 1.29 is 4.79 Å². The van der Waals surface area contributed by atoms with E-state index in [1.54, 1.807) is 13.8 Å². The van der Waals surface area contributed by atoms with Crippen LogP contribution in [0.4, 0.5) is 11.6 Å². The van der Waals surface area contributed by atoms with Crippen LogP contribution in [0.3, 0.4) is 0 Å². The predicted molar refractivity (Wildman–Crippen MR) is 62.7 cm³/mol.